The van der Waals surface area contributed by atoms with E-state index in [0.717, 1.165) is 25.3 Å². The Morgan fingerprint density at radius 1 is 1.37 bits per heavy atom. The summed E-state index contributed by atoms with van der Waals surface area (Å²) in [5.74, 6) is 0.961. The molecule has 2 rings (SSSR count). The fourth-order valence-electron chi connectivity index (χ4n) is 2.58. The van der Waals surface area contributed by atoms with Gasteiger partial charge < -0.3 is 15.0 Å². The summed E-state index contributed by atoms with van der Waals surface area (Å²) in [6, 6.07) is 9.07. The van der Waals surface area contributed by atoms with Crippen molar-refractivity contribution in [2.75, 3.05) is 33.3 Å². The maximum Gasteiger partial charge on any atom is 0.119 e. The lowest BCUT2D eigenvalue weighted by Gasteiger charge is -2.27. The molecule has 0 aliphatic carbocycles. The summed E-state index contributed by atoms with van der Waals surface area (Å²) in [6.45, 7) is 7.00. The third kappa shape index (κ3) is 4.84. The molecule has 1 unspecified atom stereocenters. The molecule has 1 aromatic rings. The standard InChI is InChI=1S/C16H26N2O/c1-14-7-11-18(10-4-9-17-14)12-8-15-5-3-6-16(13-15)19-2/h3,5-6,13-14,17H,4,7-12H2,1-2H3. The third-order valence-corrected chi connectivity index (χ3v) is 3.87. The van der Waals surface area contributed by atoms with Crippen molar-refractivity contribution in [1.82, 2.24) is 10.2 Å². The normalized spacial score (nSPS) is 21.7. The highest BCUT2D eigenvalue weighted by molar-refractivity contribution is 5.28. The van der Waals surface area contributed by atoms with Gasteiger partial charge in [-0.2, -0.15) is 0 Å². The lowest BCUT2D eigenvalue weighted by atomic mass is 10.1. The summed E-state index contributed by atoms with van der Waals surface area (Å²) < 4.78 is 5.28. The molecule has 1 N–H and O–H groups in total. The molecule has 0 radical (unpaired) electrons. The van der Waals surface area contributed by atoms with Crippen LogP contribution in [0.3, 0.4) is 0 Å². The van der Waals surface area contributed by atoms with Gasteiger partial charge in [-0.25, -0.2) is 0 Å². The zero-order valence-electron chi connectivity index (χ0n) is 12.2. The van der Waals surface area contributed by atoms with Crippen molar-refractivity contribution in [2.45, 2.75) is 32.2 Å². The Bertz CT molecular complexity index is 381. The summed E-state index contributed by atoms with van der Waals surface area (Å²) >= 11 is 0. The highest BCUT2D eigenvalue weighted by atomic mass is 16.5. The quantitative estimate of drug-likeness (QED) is 0.901. The summed E-state index contributed by atoms with van der Waals surface area (Å²) in [7, 11) is 1.73. The van der Waals surface area contributed by atoms with Gasteiger partial charge in [0.2, 0.25) is 0 Å². The number of rotatable bonds is 4. The molecule has 0 amide bonds. The Hall–Kier alpha value is -1.06. The van der Waals surface area contributed by atoms with Crippen molar-refractivity contribution >= 4 is 0 Å². The van der Waals surface area contributed by atoms with Crippen LogP contribution in [0.15, 0.2) is 24.3 Å². The number of nitrogens with one attached hydrogen (secondary N) is 1. The first kappa shape index (κ1) is 14.4. The van der Waals surface area contributed by atoms with E-state index < -0.39 is 0 Å². The second-order valence-electron chi connectivity index (χ2n) is 5.44. The van der Waals surface area contributed by atoms with Gasteiger partial charge in [-0.1, -0.05) is 12.1 Å². The maximum atomic E-state index is 5.28. The van der Waals surface area contributed by atoms with E-state index in [1.807, 2.05) is 6.07 Å². The molecule has 1 heterocycles. The molecular weight excluding hydrogens is 236 g/mol. The summed E-state index contributed by atoms with van der Waals surface area (Å²) in [5.41, 5.74) is 1.37. The smallest absolute Gasteiger partial charge is 0.119 e. The van der Waals surface area contributed by atoms with Crippen molar-refractivity contribution in [3.05, 3.63) is 29.8 Å². The predicted molar refractivity (Wildman–Crippen MR) is 79.8 cm³/mol. The van der Waals surface area contributed by atoms with Gasteiger partial charge in [0, 0.05) is 12.6 Å². The molecule has 1 saturated heterocycles. The molecule has 3 nitrogen and oxygen atoms in total. The monoisotopic (exact) mass is 262 g/mol. The summed E-state index contributed by atoms with van der Waals surface area (Å²) in [5, 5.41) is 3.55. The van der Waals surface area contributed by atoms with Crippen molar-refractivity contribution in [3.63, 3.8) is 0 Å². The molecule has 0 aromatic heterocycles. The van der Waals surface area contributed by atoms with Crippen molar-refractivity contribution in [1.29, 1.82) is 0 Å². The molecule has 0 bridgehead atoms. The lowest BCUT2D eigenvalue weighted by molar-refractivity contribution is 0.239. The zero-order valence-corrected chi connectivity index (χ0v) is 12.2. The molecule has 106 valence electrons. The first-order chi connectivity index (χ1) is 9.28. The zero-order chi connectivity index (χ0) is 13.5. The Balaban J connectivity index is 1.82. The van der Waals surface area contributed by atoms with Gasteiger partial charge in [-0.3, -0.25) is 0 Å². The van der Waals surface area contributed by atoms with Gasteiger partial charge in [-0.05, 0) is 63.5 Å². The molecule has 1 aromatic carbocycles. The lowest BCUT2D eigenvalue weighted by Crippen LogP contribution is -2.39. The van der Waals surface area contributed by atoms with E-state index in [4.69, 9.17) is 4.74 Å². The largest absolute Gasteiger partial charge is 0.497 e. The van der Waals surface area contributed by atoms with Crippen molar-refractivity contribution in [3.8, 4) is 5.75 Å². The molecule has 0 spiro atoms. The molecular formula is C16H26N2O. The average molecular weight is 262 g/mol. The fourth-order valence-corrected chi connectivity index (χ4v) is 2.58. The SMILES string of the molecule is COc1cccc(CCN2CCCNC(C)CC2)c1. The predicted octanol–water partition coefficient (Wildman–Crippen LogP) is 2.31. The number of nitrogens with zero attached hydrogens (tertiary/aromatic N) is 1. The van der Waals surface area contributed by atoms with Crippen molar-refractivity contribution < 1.29 is 4.74 Å². The Morgan fingerprint density at radius 2 is 2.26 bits per heavy atom. The second-order valence-corrected chi connectivity index (χ2v) is 5.44. The van der Waals surface area contributed by atoms with Gasteiger partial charge in [0.15, 0.2) is 0 Å². The minimum atomic E-state index is 0.652. The van der Waals surface area contributed by atoms with Crippen molar-refractivity contribution in [2.24, 2.45) is 0 Å². The van der Waals surface area contributed by atoms with E-state index in [0.29, 0.717) is 6.04 Å². The molecule has 19 heavy (non-hydrogen) atoms. The number of hydrogen-bond acceptors (Lipinski definition) is 3. The first-order valence-corrected chi connectivity index (χ1v) is 7.36. The van der Waals surface area contributed by atoms with Gasteiger partial charge in [0.1, 0.15) is 5.75 Å². The number of methoxy groups -OCH3 is 1. The minimum Gasteiger partial charge on any atom is -0.497 e. The van der Waals surface area contributed by atoms with E-state index in [-0.39, 0.29) is 0 Å². The minimum absolute atomic E-state index is 0.652. The van der Waals surface area contributed by atoms with E-state index in [1.165, 1.54) is 31.5 Å². The molecule has 1 fully saturated rings. The van der Waals surface area contributed by atoms with Gasteiger partial charge in [-0.15, -0.1) is 0 Å². The molecule has 1 atom stereocenters. The van der Waals surface area contributed by atoms with Crippen LogP contribution < -0.4 is 10.1 Å². The highest BCUT2D eigenvalue weighted by Crippen LogP contribution is 2.13. The molecule has 1 aliphatic heterocycles. The topological polar surface area (TPSA) is 24.5 Å². The first-order valence-electron chi connectivity index (χ1n) is 7.36. The average Bonchev–Trinajstić information content (AvgIpc) is 2.43. The number of ether oxygens (including phenoxy) is 1. The van der Waals surface area contributed by atoms with Crippen LogP contribution in [0.25, 0.3) is 0 Å². The van der Waals surface area contributed by atoms with Crippen LogP contribution in [0.4, 0.5) is 0 Å². The molecule has 3 heteroatoms. The van der Waals surface area contributed by atoms with Gasteiger partial charge >= 0.3 is 0 Å². The summed E-state index contributed by atoms with van der Waals surface area (Å²) in [6.07, 6.45) is 3.61. The number of benzene rings is 1. The van der Waals surface area contributed by atoms with Crippen LogP contribution in [0.2, 0.25) is 0 Å². The number of hydrogen-bond donors (Lipinski definition) is 1. The van der Waals surface area contributed by atoms with E-state index >= 15 is 0 Å². The molecule has 0 saturated carbocycles. The third-order valence-electron chi connectivity index (χ3n) is 3.87. The second kappa shape index (κ2) is 7.51. The highest BCUT2D eigenvalue weighted by Gasteiger charge is 2.11. The van der Waals surface area contributed by atoms with Crippen LogP contribution in [0, 0.1) is 0 Å². The Kier molecular flexibility index (Phi) is 5.67. The van der Waals surface area contributed by atoms with Crippen LogP contribution in [0.1, 0.15) is 25.3 Å². The fraction of sp³-hybridized carbons (Fsp3) is 0.625. The summed E-state index contributed by atoms with van der Waals surface area (Å²) in [4.78, 5) is 2.59. The van der Waals surface area contributed by atoms with E-state index in [1.54, 1.807) is 7.11 Å². The molecule has 1 aliphatic rings. The van der Waals surface area contributed by atoms with Crippen LogP contribution in [-0.2, 0) is 6.42 Å². The Morgan fingerprint density at radius 3 is 3.11 bits per heavy atom. The van der Waals surface area contributed by atoms with E-state index in [2.05, 4.69) is 35.3 Å². The van der Waals surface area contributed by atoms with Gasteiger partial charge in [0.25, 0.3) is 0 Å². The van der Waals surface area contributed by atoms with Crippen LogP contribution in [0.5, 0.6) is 5.75 Å². The van der Waals surface area contributed by atoms with Crippen LogP contribution >= 0.6 is 0 Å². The van der Waals surface area contributed by atoms with Gasteiger partial charge in [0.05, 0.1) is 7.11 Å². The van der Waals surface area contributed by atoms with E-state index in [9.17, 15) is 0 Å². The Labute approximate surface area is 116 Å². The van der Waals surface area contributed by atoms with Crippen LogP contribution in [-0.4, -0.2) is 44.2 Å². The maximum absolute atomic E-state index is 5.28.